The second kappa shape index (κ2) is 5.09. The van der Waals surface area contributed by atoms with Gasteiger partial charge in [0.15, 0.2) is 11.5 Å². The van der Waals surface area contributed by atoms with Crippen molar-refractivity contribution in [1.29, 1.82) is 0 Å². The maximum Gasteiger partial charge on any atom is 0.231 e. The van der Waals surface area contributed by atoms with Crippen LogP contribution in [0.25, 0.3) is 10.9 Å². The Hall–Kier alpha value is -2.82. The van der Waals surface area contributed by atoms with Crippen LogP contribution in [-0.4, -0.2) is 29.9 Å². The molecule has 24 heavy (non-hydrogen) atoms. The van der Waals surface area contributed by atoms with Gasteiger partial charge in [-0.05, 0) is 30.7 Å². The van der Waals surface area contributed by atoms with Gasteiger partial charge in [-0.3, -0.25) is 9.97 Å². The Morgan fingerprint density at radius 2 is 1.96 bits per heavy atom. The van der Waals surface area contributed by atoms with Crippen LogP contribution in [0, 0.1) is 6.92 Å². The zero-order valence-electron chi connectivity index (χ0n) is 13.4. The SMILES string of the molecule is Cc1cc(N2CC(c3cccnc3)C2)c2cc3c(cc2n1)OCO3. The van der Waals surface area contributed by atoms with Crippen molar-refractivity contribution in [3.05, 3.63) is 54.0 Å². The molecular formula is C19H17N3O2. The van der Waals surface area contributed by atoms with Gasteiger partial charge in [0.05, 0.1) is 5.52 Å². The van der Waals surface area contributed by atoms with Crippen LogP contribution in [0.4, 0.5) is 5.69 Å². The van der Waals surface area contributed by atoms with Crippen molar-refractivity contribution in [2.24, 2.45) is 0 Å². The number of nitrogens with zero attached hydrogens (tertiary/aromatic N) is 3. The van der Waals surface area contributed by atoms with Crippen molar-refractivity contribution in [2.45, 2.75) is 12.8 Å². The van der Waals surface area contributed by atoms with Crippen molar-refractivity contribution in [3.8, 4) is 11.5 Å². The number of aromatic nitrogens is 2. The number of pyridine rings is 2. The van der Waals surface area contributed by atoms with E-state index in [1.807, 2.05) is 31.5 Å². The molecule has 1 fully saturated rings. The lowest BCUT2D eigenvalue weighted by Gasteiger charge is -2.41. The second-order valence-electron chi connectivity index (χ2n) is 6.39. The highest BCUT2D eigenvalue weighted by Gasteiger charge is 2.30. The lowest BCUT2D eigenvalue weighted by molar-refractivity contribution is 0.174. The molecule has 5 rings (SSSR count). The van der Waals surface area contributed by atoms with Gasteiger partial charge in [0.2, 0.25) is 6.79 Å². The first-order valence-electron chi connectivity index (χ1n) is 8.14. The number of fused-ring (bicyclic) bond motifs is 2. The molecule has 2 aliphatic rings. The van der Waals surface area contributed by atoms with Gasteiger partial charge in [-0.1, -0.05) is 6.07 Å². The second-order valence-corrected chi connectivity index (χ2v) is 6.39. The summed E-state index contributed by atoms with van der Waals surface area (Å²) in [6.07, 6.45) is 3.79. The quantitative estimate of drug-likeness (QED) is 0.725. The molecule has 2 aromatic heterocycles. The fraction of sp³-hybridized carbons (Fsp3) is 0.263. The summed E-state index contributed by atoms with van der Waals surface area (Å²) in [6.45, 7) is 4.32. The number of aryl methyl sites for hydroxylation is 1. The zero-order valence-corrected chi connectivity index (χ0v) is 13.4. The van der Waals surface area contributed by atoms with Crippen LogP contribution in [0.3, 0.4) is 0 Å². The highest BCUT2D eigenvalue weighted by atomic mass is 16.7. The largest absolute Gasteiger partial charge is 0.454 e. The third-order valence-corrected chi connectivity index (χ3v) is 4.79. The number of hydrogen-bond donors (Lipinski definition) is 0. The minimum Gasteiger partial charge on any atom is -0.454 e. The number of anilines is 1. The maximum atomic E-state index is 5.54. The van der Waals surface area contributed by atoms with Crippen LogP contribution in [0.1, 0.15) is 17.2 Å². The Labute approximate surface area is 139 Å². The first-order valence-corrected chi connectivity index (χ1v) is 8.14. The Kier molecular flexibility index (Phi) is 2.89. The smallest absolute Gasteiger partial charge is 0.231 e. The number of benzene rings is 1. The summed E-state index contributed by atoms with van der Waals surface area (Å²) < 4.78 is 11.0. The predicted octanol–water partition coefficient (Wildman–Crippen LogP) is 3.27. The third kappa shape index (κ3) is 2.08. The zero-order chi connectivity index (χ0) is 16.1. The van der Waals surface area contributed by atoms with Gasteiger partial charge in [-0.25, -0.2) is 0 Å². The summed E-state index contributed by atoms with van der Waals surface area (Å²) in [5, 5.41) is 1.12. The normalized spacial score (nSPS) is 16.5. The van der Waals surface area contributed by atoms with Gasteiger partial charge in [-0.15, -0.1) is 0 Å². The molecule has 0 atom stereocenters. The van der Waals surface area contributed by atoms with E-state index in [9.17, 15) is 0 Å². The molecule has 1 aromatic carbocycles. The van der Waals surface area contributed by atoms with Crippen LogP contribution >= 0.6 is 0 Å². The van der Waals surface area contributed by atoms with Gasteiger partial charge in [0.1, 0.15) is 0 Å². The molecule has 5 nitrogen and oxygen atoms in total. The standard InChI is InChI=1S/C19H17N3O2/c1-12-5-17(22-9-14(10-22)13-3-2-4-20-8-13)15-6-18-19(24-11-23-18)7-16(15)21-12/h2-8,14H,9-11H2,1H3. The average Bonchev–Trinajstić information content (AvgIpc) is 3.00. The van der Waals surface area contributed by atoms with Crippen LogP contribution in [0.2, 0.25) is 0 Å². The minimum absolute atomic E-state index is 0.284. The molecule has 0 radical (unpaired) electrons. The molecule has 2 aliphatic heterocycles. The molecule has 0 amide bonds. The topological polar surface area (TPSA) is 47.5 Å². The first kappa shape index (κ1) is 13.6. The number of ether oxygens (including phenoxy) is 2. The van der Waals surface area contributed by atoms with Crippen molar-refractivity contribution in [2.75, 3.05) is 24.8 Å². The molecule has 0 unspecified atom stereocenters. The van der Waals surface area contributed by atoms with Crippen LogP contribution in [-0.2, 0) is 0 Å². The van der Waals surface area contributed by atoms with Gasteiger partial charge >= 0.3 is 0 Å². The molecule has 1 saturated heterocycles. The molecule has 120 valence electrons. The molecule has 0 saturated carbocycles. The van der Waals surface area contributed by atoms with Crippen LogP contribution in [0.5, 0.6) is 11.5 Å². The summed E-state index contributed by atoms with van der Waals surface area (Å²) in [5.41, 5.74) is 4.50. The Bertz CT molecular complexity index is 921. The molecule has 5 heteroatoms. The summed E-state index contributed by atoms with van der Waals surface area (Å²) in [7, 11) is 0. The van der Waals surface area contributed by atoms with Crippen molar-refractivity contribution in [1.82, 2.24) is 9.97 Å². The van der Waals surface area contributed by atoms with E-state index in [0.717, 1.165) is 41.2 Å². The number of hydrogen-bond acceptors (Lipinski definition) is 5. The summed E-state index contributed by atoms with van der Waals surface area (Å²) in [6, 6.07) is 10.3. The predicted molar refractivity (Wildman–Crippen MR) is 91.8 cm³/mol. The van der Waals surface area contributed by atoms with E-state index in [-0.39, 0.29) is 6.79 Å². The summed E-state index contributed by atoms with van der Waals surface area (Å²) >= 11 is 0. The Morgan fingerprint density at radius 1 is 1.12 bits per heavy atom. The van der Waals surface area contributed by atoms with E-state index >= 15 is 0 Å². The maximum absolute atomic E-state index is 5.54. The van der Waals surface area contributed by atoms with Crippen molar-refractivity contribution < 1.29 is 9.47 Å². The summed E-state index contributed by atoms with van der Waals surface area (Å²) in [4.78, 5) is 11.3. The van der Waals surface area contributed by atoms with E-state index in [4.69, 9.17) is 9.47 Å². The monoisotopic (exact) mass is 319 g/mol. The van der Waals surface area contributed by atoms with Gasteiger partial charge in [0, 0.05) is 54.2 Å². The van der Waals surface area contributed by atoms with Crippen molar-refractivity contribution >= 4 is 16.6 Å². The highest BCUT2D eigenvalue weighted by Crippen LogP contribution is 2.41. The molecule has 0 bridgehead atoms. The van der Waals surface area contributed by atoms with E-state index in [2.05, 4.69) is 33.1 Å². The fourth-order valence-electron chi connectivity index (χ4n) is 3.49. The first-order chi connectivity index (χ1) is 11.8. The summed E-state index contributed by atoms with van der Waals surface area (Å²) in [5.74, 6) is 2.12. The molecule has 0 N–H and O–H groups in total. The Balaban J connectivity index is 1.51. The molecule has 0 aliphatic carbocycles. The molecule has 4 heterocycles. The van der Waals surface area contributed by atoms with E-state index in [1.54, 1.807) is 0 Å². The van der Waals surface area contributed by atoms with Crippen LogP contribution in [0.15, 0.2) is 42.7 Å². The Morgan fingerprint density at radius 3 is 2.75 bits per heavy atom. The van der Waals surface area contributed by atoms with E-state index in [1.165, 1.54) is 11.3 Å². The average molecular weight is 319 g/mol. The highest BCUT2D eigenvalue weighted by molar-refractivity contribution is 5.95. The van der Waals surface area contributed by atoms with Gasteiger partial charge in [0.25, 0.3) is 0 Å². The third-order valence-electron chi connectivity index (χ3n) is 4.79. The molecular weight excluding hydrogens is 302 g/mol. The molecule has 0 spiro atoms. The number of rotatable bonds is 2. The van der Waals surface area contributed by atoms with Crippen LogP contribution < -0.4 is 14.4 Å². The van der Waals surface area contributed by atoms with Gasteiger partial charge in [-0.2, -0.15) is 0 Å². The van der Waals surface area contributed by atoms with E-state index < -0.39 is 0 Å². The van der Waals surface area contributed by atoms with Gasteiger partial charge < -0.3 is 14.4 Å². The fourth-order valence-corrected chi connectivity index (χ4v) is 3.49. The lowest BCUT2D eigenvalue weighted by Crippen LogP contribution is -2.45. The molecule has 3 aromatic rings. The minimum atomic E-state index is 0.284. The van der Waals surface area contributed by atoms with Crippen molar-refractivity contribution in [3.63, 3.8) is 0 Å². The lowest BCUT2D eigenvalue weighted by atomic mass is 9.91. The van der Waals surface area contributed by atoms with E-state index in [0.29, 0.717) is 5.92 Å².